The van der Waals surface area contributed by atoms with Crippen molar-refractivity contribution in [2.75, 3.05) is 24.6 Å². The fraction of sp³-hybridized carbons (Fsp3) is 0.444. The number of hydrogen-bond acceptors (Lipinski definition) is 8. The molecule has 0 saturated carbocycles. The molecule has 1 aliphatic heterocycles. The molecule has 1 aromatic rings. The topological polar surface area (TPSA) is 137 Å². The van der Waals surface area contributed by atoms with Crippen molar-refractivity contribution in [3.8, 4) is 6.07 Å². The lowest BCUT2D eigenvalue weighted by atomic mass is 10.0. The van der Waals surface area contributed by atoms with Gasteiger partial charge in [0.2, 0.25) is 0 Å². The van der Waals surface area contributed by atoms with Crippen LogP contribution in [0, 0.1) is 32.8 Å². The molecule has 1 heterocycles. The normalized spacial score (nSPS) is 14.7. The van der Waals surface area contributed by atoms with Crippen LogP contribution in [0.25, 0.3) is 0 Å². The first-order valence-corrected chi connectivity index (χ1v) is 8.53. The van der Waals surface area contributed by atoms with Gasteiger partial charge < -0.3 is 15.0 Å². The molecule has 142 valence electrons. The lowest BCUT2D eigenvalue weighted by molar-refractivity contribution is -0.384. The molecule has 0 radical (unpaired) electrons. The van der Waals surface area contributed by atoms with E-state index in [-0.39, 0.29) is 17.0 Å². The third-order valence-electron chi connectivity index (χ3n) is 4.34. The Balaban J connectivity index is 2.23. The van der Waals surface area contributed by atoms with Crippen molar-refractivity contribution < 1.29 is 19.2 Å². The van der Waals surface area contributed by atoms with Gasteiger partial charge in [-0.2, -0.15) is 5.26 Å². The summed E-state index contributed by atoms with van der Waals surface area (Å²) in [5, 5.41) is 27.4. The van der Waals surface area contributed by atoms with E-state index in [2.05, 4.69) is 0 Å². The Morgan fingerprint density at radius 2 is 2.04 bits per heavy atom. The summed E-state index contributed by atoms with van der Waals surface area (Å²) >= 11 is 0. The van der Waals surface area contributed by atoms with Crippen LogP contribution in [0.1, 0.15) is 36.5 Å². The van der Waals surface area contributed by atoms with Gasteiger partial charge in [-0.15, -0.1) is 0 Å². The largest absolute Gasteiger partial charge is 0.454 e. The highest BCUT2D eigenvalue weighted by Gasteiger charge is 2.25. The second-order valence-corrected chi connectivity index (χ2v) is 6.29. The molecule has 9 nitrogen and oxygen atoms in total. The predicted molar refractivity (Wildman–Crippen MR) is 97.0 cm³/mol. The molecule has 9 heteroatoms. The van der Waals surface area contributed by atoms with Gasteiger partial charge in [-0.05, 0) is 32.3 Å². The van der Waals surface area contributed by atoms with Gasteiger partial charge in [0.1, 0.15) is 5.92 Å². The predicted octanol–water partition coefficient (Wildman–Crippen LogP) is 2.49. The third-order valence-corrected chi connectivity index (χ3v) is 4.34. The van der Waals surface area contributed by atoms with E-state index < -0.39 is 29.2 Å². The lowest BCUT2D eigenvalue weighted by Crippen LogP contribution is -2.31. The summed E-state index contributed by atoms with van der Waals surface area (Å²) in [6.45, 7) is 2.10. The van der Waals surface area contributed by atoms with Crippen molar-refractivity contribution in [1.29, 1.82) is 10.7 Å². The van der Waals surface area contributed by atoms with Gasteiger partial charge in [0.15, 0.2) is 12.4 Å². The smallest absolute Gasteiger partial charge is 0.340 e. The van der Waals surface area contributed by atoms with Crippen molar-refractivity contribution in [1.82, 2.24) is 0 Å². The van der Waals surface area contributed by atoms with Crippen LogP contribution < -0.4 is 4.90 Å². The van der Waals surface area contributed by atoms with E-state index >= 15 is 0 Å². The highest BCUT2D eigenvalue weighted by atomic mass is 16.6. The van der Waals surface area contributed by atoms with E-state index in [0.29, 0.717) is 5.69 Å². The summed E-state index contributed by atoms with van der Waals surface area (Å²) in [6, 6.07) is 5.67. The van der Waals surface area contributed by atoms with Gasteiger partial charge >= 0.3 is 5.97 Å². The van der Waals surface area contributed by atoms with Crippen LogP contribution >= 0.6 is 0 Å². The molecule has 27 heavy (non-hydrogen) atoms. The minimum atomic E-state index is -1.27. The molecule has 0 aliphatic carbocycles. The number of esters is 1. The number of Topliss-reactive ketones (excluding diaryl/α,β-unsaturated/α-hetero) is 1. The zero-order chi connectivity index (χ0) is 20.0. The van der Waals surface area contributed by atoms with Crippen LogP contribution in [-0.4, -0.2) is 42.1 Å². The van der Waals surface area contributed by atoms with Crippen LogP contribution in [0.5, 0.6) is 0 Å². The maximum absolute atomic E-state index is 12.5. The molecule has 1 unspecified atom stereocenters. The van der Waals surface area contributed by atoms with E-state index in [9.17, 15) is 19.7 Å². The Hall–Kier alpha value is -3.28. The van der Waals surface area contributed by atoms with E-state index in [1.807, 2.05) is 4.90 Å². The standard InChI is InChI=1S/C18H20N4O5/c1-12(20)15(10-19)17(23)11-27-18(24)14-9-13(22(25)26)5-6-16(14)21-7-3-2-4-8-21/h5-6,9,15,20H,2-4,7-8,11H2,1H3. The van der Waals surface area contributed by atoms with Crippen molar-refractivity contribution >= 4 is 28.8 Å². The van der Waals surface area contributed by atoms with Crippen LogP contribution in [0.3, 0.4) is 0 Å². The van der Waals surface area contributed by atoms with E-state index in [4.69, 9.17) is 15.4 Å². The highest BCUT2D eigenvalue weighted by molar-refractivity contribution is 6.06. The summed E-state index contributed by atoms with van der Waals surface area (Å²) in [6.07, 6.45) is 2.98. The lowest BCUT2D eigenvalue weighted by Gasteiger charge is -2.30. The van der Waals surface area contributed by atoms with Gasteiger partial charge in [0, 0.05) is 30.9 Å². The molecule has 0 amide bonds. The number of rotatable bonds is 7. The average molecular weight is 372 g/mol. The number of nitrogens with zero attached hydrogens (tertiary/aromatic N) is 3. The second kappa shape index (κ2) is 8.89. The first kappa shape index (κ1) is 20.0. The number of ether oxygens (including phenoxy) is 1. The number of piperidine rings is 1. The van der Waals surface area contributed by atoms with Crippen LogP contribution in [-0.2, 0) is 9.53 Å². The van der Waals surface area contributed by atoms with Gasteiger partial charge in [-0.1, -0.05) is 0 Å². The summed E-state index contributed by atoms with van der Waals surface area (Å²) in [5.74, 6) is -2.85. The van der Waals surface area contributed by atoms with E-state index in [0.717, 1.165) is 38.4 Å². The molecular weight excluding hydrogens is 352 g/mol. The Labute approximate surface area is 156 Å². The number of carbonyl (C=O) groups is 2. The Kier molecular flexibility index (Phi) is 6.60. The van der Waals surface area contributed by atoms with Crippen molar-refractivity contribution in [3.63, 3.8) is 0 Å². The summed E-state index contributed by atoms with van der Waals surface area (Å²) in [4.78, 5) is 36.9. The first-order chi connectivity index (χ1) is 12.8. The number of nitro groups is 1. The Morgan fingerprint density at radius 3 is 2.59 bits per heavy atom. The maximum atomic E-state index is 12.5. The van der Waals surface area contributed by atoms with Crippen molar-refractivity contribution in [3.05, 3.63) is 33.9 Å². The first-order valence-electron chi connectivity index (χ1n) is 8.53. The molecular formula is C18H20N4O5. The Morgan fingerprint density at radius 1 is 1.37 bits per heavy atom. The summed E-state index contributed by atoms with van der Waals surface area (Å²) in [5.41, 5.74) is 0.152. The molecule has 1 aromatic carbocycles. The fourth-order valence-corrected chi connectivity index (χ4v) is 2.92. The van der Waals surface area contributed by atoms with Gasteiger partial charge in [0.25, 0.3) is 5.69 Å². The number of hydrogen-bond donors (Lipinski definition) is 1. The van der Waals surface area contributed by atoms with Crippen LogP contribution in [0.4, 0.5) is 11.4 Å². The molecule has 0 spiro atoms. The number of non-ortho nitro benzene ring substituents is 1. The van der Waals surface area contributed by atoms with Crippen LogP contribution in [0.15, 0.2) is 18.2 Å². The number of benzene rings is 1. The van der Waals surface area contributed by atoms with Gasteiger partial charge in [-0.25, -0.2) is 4.79 Å². The van der Waals surface area contributed by atoms with E-state index in [1.54, 1.807) is 6.07 Å². The second-order valence-electron chi connectivity index (χ2n) is 6.29. The molecule has 1 atom stereocenters. The number of carbonyl (C=O) groups excluding carboxylic acids is 2. The van der Waals surface area contributed by atoms with Crippen LogP contribution in [0.2, 0.25) is 0 Å². The van der Waals surface area contributed by atoms with Gasteiger partial charge in [-0.3, -0.25) is 14.9 Å². The molecule has 1 saturated heterocycles. The quantitative estimate of drug-likeness (QED) is 0.336. The maximum Gasteiger partial charge on any atom is 0.340 e. The van der Waals surface area contributed by atoms with Crippen molar-refractivity contribution in [2.24, 2.45) is 5.92 Å². The van der Waals surface area contributed by atoms with Gasteiger partial charge in [0.05, 0.1) is 22.2 Å². The van der Waals surface area contributed by atoms with E-state index in [1.165, 1.54) is 19.1 Å². The fourth-order valence-electron chi connectivity index (χ4n) is 2.92. The molecule has 1 fully saturated rings. The molecule has 0 aromatic heterocycles. The Bertz CT molecular complexity index is 808. The van der Waals surface area contributed by atoms with Crippen molar-refractivity contribution in [2.45, 2.75) is 26.2 Å². The zero-order valence-electron chi connectivity index (χ0n) is 14.9. The average Bonchev–Trinajstić information content (AvgIpc) is 2.66. The highest BCUT2D eigenvalue weighted by Crippen LogP contribution is 2.28. The molecule has 1 N–H and O–H groups in total. The third kappa shape index (κ3) is 4.88. The number of nitro benzene ring substituents is 1. The zero-order valence-corrected chi connectivity index (χ0v) is 14.9. The molecule has 1 aliphatic rings. The number of anilines is 1. The minimum Gasteiger partial charge on any atom is -0.454 e. The molecule has 0 bridgehead atoms. The number of nitrogens with one attached hydrogen (secondary N) is 1. The monoisotopic (exact) mass is 372 g/mol. The number of ketones is 1. The summed E-state index contributed by atoms with van der Waals surface area (Å²) in [7, 11) is 0. The molecule has 2 rings (SSSR count). The summed E-state index contributed by atoms with van der Waals surface area (Å²) < 4.78 is 5.00. The SMILES string of the molecule is CC(=N)C(C#N)C(=O)COC(=O)c1cc([N+](=O)[O-])ccc1N1CCCCC1. The minimum absolute atomic E-state index is 0.0129. The number of nitriles is 1.